The highest BCUT2D eigenvalue weighted by molar-refractivity contribution is 6.11. The van der Waals surface area contributed by atoms with E-state index in [9.17, 15) is 9.59 Å². The van der Waals surface area contributed by atoms with Crippen molar-refractivity contribution in [1.82, 2.24) is 0 Å². The van der Waals surface area contributed by atoms with Gasteiger partial charge in [-0.1, -0.05) is 37.3 Å². The maximum Gasteiger partial charge on any atom is 0.201 e. The molecule has 1 saturated carbocycles. The maximum absolute atomic E-state index is 12.3. The van der Waals surface area contributed by atoms with Gasteiger partial charge in [0.05, 0.1) is 7.11 Å². The van der Waals surface area contributed by atoms with Crippen LogP contribution in [0.1, 0.15) is 18.4 Å². The zero-order valence-electron chi connectivity index (χ0n) is 11.0. The Bertz CT molecular complexity index is 559. The average molecular weight is 256 g/mol. The van der Waals surface area contributed by atoms with E-state index < -0.39 is 0 Å². The molecule has 0 bridgehead atoms. The summed E-state index contributed by atoms with van der Waals surface area (Å²) in [5, 5.41) is 0. The number of fused-ring (bicyclic) bond motifs is 1. The van der Waals surface area contributed by atoms with Crippen LogP contribution in [0.4, 0.5) is 0 Å². The summed E-state index contributed by atoms with van der Waals surface area (Å²) in [6.07, 6.45) is 1.36. The molecule has 19 heavy (non-hydrogen) atoms. The van der Waals surface area contributed by atoms with E-state index >= 15 is 0 Å². The molecule has 0 aromatic heterocycles. The molecule has 1 aromatic carbocycles. The first-order valence-corrected chi connectivity index (χ1v) is 6.54. The number of ketones is 2. The Kier molecular flexibility index (Phi) is 2.77. The van der Waals surface area contributed by atoms with Crippen LogP contribution in [0.15, 0.2) is 42.2 Å². The van der Waals surface area contributed by atoms with Crippen LogP contribution >= 0.6 is 0 Å². The number of carbonyl (C=O) groups is 2. The number of ether oxygens (including phenoxy) is 1. The Balaban J connectivity index is 1.98. The van der Waals surface area contributed by atoms with Gasteiger partial charge in [-0.25, -0.2) is 0 Å². The molecule has 3 nitrogen and oxygen atoms in total. The van der Waals surface area contributed by atoms with Gasteiger partial charge in [0, 0.05) is 17.9 Å². The van der Waals surface area contributed by atoms with Gasteiger partial charge >= 0.3 is 0 Å². The molecule has 0 N–H and O–H groups in total. The van der Waals surface area contributed by atoms with Crippen molar-refractivity contribution in [2.75, 3.05) is 7.11 Å². The minimum Gasteiger partial charge on any atom is -0.493 e. The van der Waals surface area contributed by atoms with E-state index in [0.29, 0.717) is 0 Å². The van der Waals surface area contributed by atoms with Crippen molar-refractivity contribution in [1.29, 1.82) is 0 Å². The first kappa shape index (κ1) is 12.2. The van der Waals surface area contributed by atoms with E-state index in [2.05, 4.69) is 6.92 Å². The first-order chi connectivity index (χ1) is 9.15. The van der Waals surface area contributed by atoms with Crippen LogP contribution < -0.4 is 0 Å². The molecule has 0 radical (unpaired) electrons. The van der Waals surface area contributed by atoms with Crippen molar-refractivity contribution in [2.45, 2.75) is 12.8 Å². The monoisotopic (exact) mass is 256 g/mol. The van der Waals surface area contributed by atoms with Crippen molar-refractivity contribution in [3.05, 3.63) is 47.7 Å². The van der Waals surface area contributed by atoms with E-state index in [0.717, 1.165) is 5.56 Å². The summed E-state index contributed by atoms with van der Waals surface area (Å²) in [6, 6.07) is 9.95. The van der Waals surface area contributed by atoms with Crippen molar-refractivity contribution in [3.63, 3.8) is 0 Å². The maximum atomic E-state index is 12.3. The molecule has 0 amide bonds. The smallest absolute Gasteiger partial charge is 0.201 e. The van der Waals surface area contributed by atoms with Crippen molar-refractivity contribution in [2.24, 2.45) is 17.8 Å². The molecule has 2 aliphatic carbocycles. The summed E-state index contributed by atoms with van der Waals surface area (Å²) in [4.78, 5) is 24.4. The van der Waals surface area contributed by atoms with Gasteiger partial charge in [0.1, 0.15) is 0 Å². The first-order valence-electron chi connectivity index (χ1n) is 6.54. The largest absolute Gasteiger partial charge is 0.493 e. The third-order valence-corrected chi connectivity index (χ3v) is 4.46. The number of carbonyl (C=O) groups excluding carboxylic acids is 2. The van der Waals surface area contributed by atoms with Crippen LogP contribution in [-0.2, 0) is 14.3 Å². The van der Waals surface area contributed by atoms with Gasteiger partial charge in [-0.3, -0.25) is 9.59 Å². The van der Waals surface area contributed by atoms with E-state index in [1.54, 1.807) is 0 Å². The normalized spacial score (nSPS) is 33.3. The van der Waals surface area contributed by atoms with Gasteiger partial charge in [-0.15, -0.1) is 0 Å². The minimum absolute atomic E-state index is 0.0287. The zero-order valence-corrected chi connectivity index (χ0v) is 11.0. The van der Waals surface area contributed by atoms with Crippen LogP contribution in [0, 0.1) is 17.8 Å². The molecule has 1 fully saturated rings. The van der Waals surface area contributed by atoms with Crippen molar-refractivity contribution < 1.29 is 14.3 Å². The molecule has 4 atom stereocenters. The van der Waals surface area contributed by atoms with Gasteiger partial charge in [-0.2, -0.15) is 0 Å². The summed E-state index contributed by atoms with van der Waals surface area (Å²) < 4.78 is 5.04. The average Bonchev–Trinajstić information content (AvgIpc) is 2.41. The van der Waals surface area contributed by atoms with E-state index in [1.165, 1.54) is 13.2 Å². The van der Waals surface area contributed by atoms with E-state index in [-0.39, 0.29) is 41.0 Å². The summed E-state index contributed by atoms with van der Waals surface area (Å²) in [6.45, 7) is 2.05. The number of rotatable bonds is 2. The Morgan fingerprint density at radius 2 is 1.68 bits per heavy atom. The zero-order chi connectivity index (χ0) is 13.6. The fourth-order valence-electron chi connectivity index (χ4n) is 3.52. The number of hydrogen-bond acceptors (Lipinski definition) is 3. The lowest BCUT2D eigenvalue weighted by atomic mass is 9.51. The summed E-state index contributed by atoms with van der Waals surface area (Å²) in [7, 11) is 1.44. The number of hydrogen-bond donors (Lipinski definition) is 0. The van der Waals surface area contributed by atoms with Crippen molar-refractivity contribution >= 4 is 11.6 Å². The molecule has 3 rings (SSSR count). The third kappa shape index (κ3) is 1.65. The Labute approximate surface area is 112 Å². The Morgan fingerprint density at radius 1 is 1.00 bits per heavy atom. The fourth-order valence-corrected chi connectivity index (χ4v) is 3.52. The second kappa shape index (κ2) is 4.34. The summed E-state index contributed by atoms with van der Waals surface area (Å²) in [5.41, 5.74) is 1.13. The molecule has 0 spiro atoms. The second-order valence-corrected chi connectivity index (χ2v) is 5.33. The molecule has 0 heterocycles. The fraction of sp³-hybridized carbons (Fsp3) is 0.375. The van der Waals surface area contributed by atoms with Crippen molar-refractivity contribution in [3.8, 4) is 0 Å². The highest BCUT2D eigenvalue weighted by atomic mass is 16.5. The molecular weight excluding hydrogens is 240 g/mol. The van der Waals surface area contributed by atoms with Crippen LogP contribution in [-0.4, -0.2) is 18.7 Å². The SMILES string of the molecule is COC1=CC(=O)C2C(C1=O)C(c1ccccc1)[C@H]2C. The molecule has 0 saturated heterocycles. The standard InChI is InChI=1S/C16H16O3/c1-9-13(10-6-4-3-5-7-10)15-14(9)11(17)8-12(19-2)16(15)18/h3-9,13-15H,1-2H3/t9-,13?,14?,15?/m1/s1. The van der Waals surface area contributed by atoms with Gasteiger partial charge in [-0.05, 0) is 17.4 Å². The lowest BCUT2D eigenvalue weighted by molar-refractivity contribution is -0.144. The molecule has 2 aliphatic rings. The molecule has 0 aliphatic heterocycles. The lowest BCUT2D eigenvalue weighted by Crippen LogP contribution is -2.53. The molecule has 1 aromatic rings. The van der Waals surface area contributed by atoms with Gasteiger partial charge < -0.3 is 4.74 Å². The molecule has 98 valence electrons. The van der Waals surface area contributed by atoms with Crippen LogP contribution in [0.5, 0.6) is 0 Å². The Morgan fingerprint density at radius 3 is 2.32 bits per heavy atom. The topological polar surface area (TPSA) is 43.4 Å². The highest BCUT2D eigenvalue weighted by Crippen LogP contribution is 2.55. The van der Waals surface area contributed by atoms with Crippen LogP contribution in [0.2, 0.25) is 0 Å². The van der Waals surface area contributed by atoms with E-state index in [4.69, 9.17) is 4.74 Å². The second-order valence-electron chi connectivity index (χ2n) is 5.33. The van der Waals surface area contributed by atoms with Crippen LogP contribution in [0.25, 0.3) is 0 Å². The molecule has 3 heteroatoms. The third-order valence-electron chi connectivity index (χ3n) is 4.46. The molecule has 3 unspecified atom stereocenters. The van der Waals surface area contributed by atoms with Gasteiger partial charge in [0.15, 0.2) is 11.5 Å². The predicted molar refractivity (Wildman–Crippen MR) is 70.4 cm³/mol. The summed E-state index contributed by atoms with van der Waals surface area (Å²) in [5.74, 6) is 0.126. The number of Topliss-reactive ketones (excluding diaryl/α,β-unsaturated/α-hetero) is 1. The minimum atomic E-state index is -0.246. The highest BCUT2D eigenvalue weighted by Gasteiger charge is 2.57. The number of allylic oxidation sites excluding steroid dienone is 2. The predicted octanol–water partition coefficient (Wildman–Crippen LogP) is 2.33. The van der Waals surface area contributed by atoms with Gasteiger partial charge in [0.2, 0.25) is 5.78 Å². The van der Waals surface area contributed by atoms with Crippen LogP contribution in [0.3, 0.4) is 0 Å². The quantitative estimate of drug-likeness (QED) is 0.815. The van der Waals surface area contributed by atoms with E-state index in [1.807, 2.05) is 30.3 Å². The molecular formula is C16H16O3. The lowest BCUT2D eigenvalue weighted by Gasteiger charge is -2.50. The number of benzene rings is 1. The van der Waals surface area contributed by atoms with Gasteiger partial charge in [0.25, 0.3) is 0 Å². The Hall–Kier alpha value is -1.90. The number of methoxy groups -OCH3 is 1. The summed E-state index contributed by atoms with van der Waals surface area (Å²) >= 11 is 0.